The smallest absolute Gasteiger partial charge is 0.231 e. The van der Waals surface area contributed by atoms with Crippen LogP contribution in [0.5, 0.6) is 0 Å². The first-order valence-electron chi connectivity index (χ1n) is 9.30. The number of carbonyl (C=O) groups is 2. The Hall–Kier alpha value is -1.17. The Morgan fingerprint density at radius 2 is 1.57 bits per heavy atom. The van der Waals surface area contributed by atoms with Crippen LogP contribution in [0.3, 0.4) is 0 Å². The number of anilines is 1. The van der Waals surface area contributed by atoms with Gasteiger partial charge in [0.15, 0.2) is 5.78 Å². The van der Waals surface area contributed by atoms with Crippen LogP contribution in [0.15, 0.2) is 6.07 Å². The maximum absolute atomic E-state index is 15.1. The molecular formula is C18H20ClF3N2O4S2. The third-order valence-corrected chi connectivity index (χ3v) is 7.92. The van der Waals surface area contributed by atoms with Gasteiger partial charge in [-0.15, -0.1) is 11.3 Å². The van der Waals surface area contributed by atoms with E-state index in [1.54, 1.807) is 0 Å². The van der Waals surface area contributed by atoms with Gasteiger partial charge in [-0.05, 0) is 25.3 Å². The highest BCUT2D eigenvalue weighted by molar-refractivity contribution is 7.88. The molecule has 5 rings (SSSR count). The number of thiophene rings is 1. The maximum Gasteiger partial charge on any atom is 0.231 e. The number of hydrogen-bond donors (Lipinski definition) is 2. The van der Waals surface area contributed by atoms with Gasteiger partial charge in [0, 0.05) is 19.3 Å². The van der Waals surface area contributed by atoms with Crippen molar-refractivity contribution >= 4 is 49.7 Å². The zero-order valence-corrected chi connectivity index (χ0v) is 18.4. The Balaban J connectivity index is 1.59. The van der Waals surface area contributed by atoms with Gasteiger partial charge >= 0.3 is 0 Å². The van der Waals surface area contributed by atoms with Crippen molar-refractivity contribution in [2.45, 2.75) is 55.5 Å². The normalized spacial score (nSPS) is 37.4. The number of rotatable bonds is 6. The van der Waals surface area contributed by atoms with Gasteiger partial charge in [-0.2, -0.15) is 0 Å². The van der Waals surface area contributed by atoms with Gasteiger partial charge in [-0.25, -0.2) is 26.3 Å². The molecule has 1 aromatic heterocycles. The SMILES string of the molecule is CS(=O)(=O)NCC(=O)c1cc(Cl)sc1NC(=O)C12CC3(F)CC(F)(CC(F)(C3)C1)C2. The molecule has 4 aliphatic rings. The van der Waals surface area contributed by atoms with Crippen molar-refractivity contribution in [3.05, 3.63) is 16.0 Å². The highest BCUT2D eigenvalue weighted by atomic mass is 35.5. The molecule has 0 aromatic carbocycles. The van der Waals surface area contributed by atoms with Crippen LogP contribution in [0, 0.1) is 5.41 Å². The molecule has 4 fully saturated rings. The Kier molecular flexibility index (Phi) is 4.90. The van der Waals surface area contributed by atoms with Gasteiger partial charge in [-0.3, -0.25) is 9.59 Å². The lowest BCUT2D eigenvalue weighted by Crippen LogP contribution is -2.67. The van der Waals surface area contributed by atoms with E-state index in [0.717, 1.165) is 17.6 Å². The van der Waals surface area contributed by atoms with Crippen molar-refractivity contribution in [1.82, 2.24) is 4.72 Å². The number of ketones is 1. The van der Waals surface area contributed by atoms with Crippen LogP contribution in [0.1, 0.15) is 48.9 Å². The lowest BCUT2D eigenvalue weighted by atomic mass is 9.46. The van der Waals surface area contributed by atoms with E-state index in [9.17, 15) is 18.0 Å². The molecule has 0 radical (unpaired) electrons. The number of halogens is 4. The van der Waals surface area contributed by atoms with Crippen LogP contribution in [-0.2, 0) is 14.8 Å². The summed E-state index contributed by atoms with van der Waals surface area (Å²) >= 11 is 6.82. The Morgan fingerprint density at radius 3 is 2.03 bits per heavy atom. The van der Waals surface area contributed by atoms with Gasteiger partial charge in [-0.1, -0.05) is 11.6 Å². The molecular weight excluding hydrogens is 465 g/mol. The number of nitrogens with one attached hydrogen (secondary N) is 2. The third-order valence-electron chi connectivity index (χ3n) is 6.07. The second kappa shape index (κ2) is 6.66. The number of hydrogen-bond acceptors (Lipinski definition) is 5. The van der Waals surface area contributed by atoms with E-state index in [0.29, 0.717) is 0 Å². The monoisotopic (exact) mass is 484 g/mol. The number of amides is 1. The molecule has 2 N–H and O–H groups in total. The molecule has 1 amide bonds. The van der Waals surface area contributed by atoms with Gasteiger partial charge in [0.2, 0.25) is 15.9 Å². The minimum Gasteiger partial charge on any atom is -0.317 e. The predicted octanol–water partition coefficient (Wildman–Crippen LogP) is 3.56. The van der Waals surface area contributed by atoms with Crippen LogP contribution in [-0.4, -0.2) is 49.9 Å². The number of carbonyl (C=O) groups excluding carboxylic acids is 2. The molecule has 0 spiro atoms. The topological polar surface area (TPSA) is 92.3 Å². The van der Waals surface area contributed by atoms with Crippen molar-refractivity contribution in [3.8, 4) is 0 Å². The highest BCUT2D eigenvalue weighted by Gasteiger charge is 2.72. The van der Waals surface area contributed by atoms with E-state index in [4.69, 9.17) is 11.6 Å². The Morgan fingerprint density at radius 1 is 1.07 bits per heavy atom. The number of alkyl halides is 3. The predicted molar refractivity (Wildman–Crippen MR) is 107 cm³/mol. The Bertz CT molecular complexity index is 991. The van der Waals surface area contributed by atoms with Gasteiger partial charge in [0.1, 0.15) is 22.0 Å². The summed E-state index contributed by atoms with van der Waals surface area (Å²) in [5.41, 5.74) is -7.84. The molecule has 0 unspecified atom stereocenters. The minimum atomic E-state index is -3.62. The maximum atomic E-state index is 15.1. The van der Waals surface area contributed by atoms with Crippen molar-refractivity contribution < 1.29 is 31.2 Å². The van der Waals surface area contributed by atoms with E-state index in [1.165, 1.54) is 6.07 Å². The lowest BCUT2D eigenvalue weighted by molar-refractivity contribution is -0.214. The van der Waals surface area contributed by atoms with E-state index in [-0.39, 0.29) is 34.2 Å². The average molecular weight is 485 g/mol. The van der Waals surface area contributed by atoms with Crippen molar-refractivity contribution in [3.63, 3.8) is 0 Å². The van der Waals surface area contributed by atoms with Crippen molar-refractivity contribution in [2.24, 2.45) is 5.41 Å². The fraction of sp³-hybridized carbons (Fsp3) is 0.667. The molecule has 166 valence electrons. The third kappa shape index (κ3) is 4.01. The standard InChI is InChI=1S/C18H20ClF3N2O4S2/c1-30(27,28)23-3-11(25)10-2-12(19)29-13(10)24-14(26)15-4-16(20)7-17(21,5-15)9-18(22,6-15)8-16/h2,23H,3-9H2,1H3,(H,24,26). The Labute approximate surface area is 180 Å². The van der Waals surface area contributed by atoms with Crippen LogP contribution in [0.4, 0.5) is 18.2 Å². The first kappa shape index (κ1) is 22.0. The van der Waals surface area contributed by atoms with E-state index < -0.39 is 69.9 Å². The first-order chi connectivity index (χ1) is 13.6. The second-order valence-corrected chi connectivity index (χ2v) is 12.6. The van der Waals surface area contributed by atoms with Crippen LogP contribution in [0.25, 0.3) is 0 Å². The zero-order chi connectivity index (χ0) is 22.2. The summed E-state index contributed by atoms with van der Waals surface area (Å²) in [7, 11) is -3.62. The van der Waals surface area contributed by atoms with Gasteiger partial charge in [0.25, 0.3) is 0 Å². The molecule has 12 heteroatoms. The average Bonchev–Trinajstić information content (AvgIpc) is 2.87. The molecule has 4 aliphatic carbocycles. The van der Waals surface area contributed by atoms with Crippen LogP contribution >= 0.6 is 22.9 Å². The highest BCUT2D eigenvalue weighted by Crippen LogP contribution is 2.68. The molecule has 1 heterocycles. The van der Waals surface area contributed by atoms with E-state index >= 15 is 13.2 Å². The molecule has 0 aliphatic heterocycles. The van der Waals surface area contributed by atoms with Gasteiger partial charge < -0.3 is 5.32 Å². The minimum absolute atomic E-state index is 0.0286. The molecule has 4 saturated carbocycles. The fourth-order valence-electron chi connectivity index (χ4n) is 5.70. The summed E-state index contributed by atoms with van der Waals surface area (Å²) in [5.74, 6) is -1.40. The molecule has 6 nitrogen and oxygen atoms in total. The number of sulfonamides is 1. The zero-order valence-electron chi connectivity index (χ0n) is 16.0. The quantitative estimate of drug-likeness (QED) is 0.604. The van der Waals surface area contributed by atoms with Crippen LogP contribution < -0.4 is 10.0 Å². The molecule has 0 saturated heterocycles. The summed E-state index contributed by atoms with van der Waals surface area (Å²) in [5, 5.41) is 2.55. The summed E-state index contributed by atoms with van der Waals surface area (Å²) in [6, 6.07) is 1.28. The number of Topliss-reactive ketones (excluding diaryl/α,β-unsaturated/α-hetero) is 1. The molecule has 30 heavy (non-hydrogen) atoms. The summed E-state index contributed by atoms with van der Waals surface area (Å²) < 4.78 is 70.1. The summed E-state index contributed by atoms with van der Waals surface area (Å²) in [6.07, 6.45) is -1.17. The molecule has 0 atom stereocenters. The largest absolute Gasteiger partial charge is 0.317 e. The van der Waals surface area contributed by atoms with Crippen molar-refractivity contribution in [1.29, 1.82) is 0 Å². The van der Waals surface area contributed by atoms with Crippen LogP contribution in [0.2, 0.25) is 4.34 Å². The molecule has 4 bridgehead atoms. The fourth-order valence-corrected chi connectivity index (χ4v) is 7.23. The first-order valence-corrected chi connectivity index (χ1v) is 12.4. The van der Waals surface area contributed by atoms with Gasteiger partial charge in [0.05, 0.1) is 28.1 Å². The molecule has 1 aromatic rings. The van der Waals surface area contributed by atoms with E-state index in [2.05, 4.69) is 10.0 Å². The summed E-state index contributed by atoms with van der Waals surface area (Å²) in [4.78, 5) is 25.5. The summed E-state index contributed by atoms with van der Waals surface area (Å²) in [6.45, 7) is -0.547. The van der Waals surface area contributed by atoms with E-state index in [1.807, 2.05) is 0 Å². The lowest BCUT2D eigenvalue weighted by Gasteiger charge is -2.62. The van der Waals surface area contributed by atoms with Crippen molar-refractivity contribution in [2.75, 3.05) is 18.1 Å². The second-order valence-electron chi connectivity index (χ2n) is 9.06.